The van der Waals surface area contributed by atoms with Crippen LogP contribution < -0.4 is 16.4 Å². The molecule has 0 saturated carbocycles. The van der Waals surface area contributed by atoms with Crippen molar-refractivity contribution in [1.29, 1.82) is 0 Å². The van der Waals surface area contributed by atoms with E-state index in [9.17, 15) is 0 Å². The number of hydrogen-bond donors (Lipinski definition) is 3. The Bertz CT molecular complexity index is 895. The molecule has 0 saturated heterocycles. The third kappa shape index (κ3) is 3.83. The van der Waals surface area contributed by atoms with Crippen LogP contribution in [0.3, 0.4) is 0 Å². The van der Waals surface area contributed by atoms with Crippen molar-refractivity contribution in [3.05, 3.63) is 70.5 Å². The van der Waals surface area contributed by atoms with Crippen LogP contribution in [0.5, 0.6) is 0 Å². The van der Waals surface area contributed by atoms with E-state index in [-0.39, 0.29) is 0 Å². The number of nitrogens with one attached hydrogen (secondary N) is 2. The van der Waals surface area contributed by atoms with Crippen LogP contribution in [0.15, 0.2) is 48.8 Å². The smallest absolute Gasteiger partial charge is 0.159 e. The Hall–Kier alpha value is -2.79. The zero-order valence-corrected chi connectivity index (χ0v) is 14.9. The molecule has 0 aliphatic rings. The van der Waals surface area contributed by atoms with Gasteiger partial charge in [0.1, 0.15) is 12.0 Å². The fourth-order valence-electron chi connectivity index (χ4n) is 2.47. The number of nitrogens with zero attached hydrogens (tertiary/aromatic N) is 2. The monoisotopic (exact) mass is 353 g/mol. The summed E-state index contributed by atoms with van der Waals surface area (Å²) in [6.07, 6.45) is 1.48. The van der Waals surface area contributed by atoms with E-state index in [1.165, 1.54) is 11.9 Å². The molecule has 0 spiro atoms. The molecule has 0 amide bonds. The van der Waals surface area contributed by atoms with Gasteiger partial charge in [0.05, 0.1) is 0 Å². The van der Waals surface area contributed by atoms with Gasteiger partial charge in [0.25, 0.3) is 0 Å². The summed E-state index contributed by atoms with van der Waals surface area (Å²) in [7, 11) is 0. The Labute approximate surface area is 152 Å². The van der Waals surface area contributed by atoms with E-state index >= 15 is 0 Å². The highest BCUT2D eigenvalue weighted by molar-refractivity contribution is 6.31. The normalized spacial score (nSPS) is 10.5. The minimum absolute atomic E-state index is 0.468. The molecule has 0 bridgehead atoms. The fraction of sp³-hybridized carbons (Fsp3) is 0.158. The lowest BCUT2D eigenvalue weighted by atomic mass is 10.1. The Morgan fingerprint density at radius 2 is 1.76 bits per heavy atom. The molecule has 25 heavy (non-hydrogen) atoms. The molecule has 5 nitrogen and oxygen atoms in total. The van der Waals surface area contributed by atoms with Crippen LogP contribution in [0.2, 0.25) is 5.02 Å². The summed E-state index contributed by atoms with van der Waals surface area (Å²) in [4.78, 5) is 8.50. The minimum Gasteiger partial charge on any atom is -0.393 e. The Morgan fingerprint density at radius 1 is 1.00 bits per heavy atom. The van der Waals surface area contributed by atoms with E-state index in [2.05, 4.69) is 40.5 Å². The van der Waals surface area contributed by atoms with Crippen molar-refractivity contribution in [2.24, 2.45) is 0 Å². The molecule has 0 aliphatic heterocycles. The van der Waals surface area contributed by atoms with Crippen LogP contribution in [0.25, 0.3) is 0 Å². The maximum atomic E-state index is 6.24. The maximum Gasteiger partial charge on any atom is 0.159 e. The Kier molecular flexibility index (Phi) is 5.05. The molecule has 3 rings (SSSR count). The van der Waals surface area contributed by atoms with Gasteiger partial charge in [-0.05, 0) is 42.7 Å². The summed E-state index contributed by atoms with van der Waals surface area (Å²) < 4.78 is 0. The summed E-state index contributed by atoms with van der Waals surface area (Å²) in [6.45, 7) is 4.66. The van der Waals surface area contributed by atoms with Crippen molar-refractivity contribution in [2.75, 3.05) is 16.4 Å². The van der Waals surface area contributed by atoms with Crippen molar-refractivity contribution >= 4 is 34.6 Å². The fourth-order valence-corrected chi connectivity index (χ4v) is 2.67. The van der Waals surface area contributed by atoms with Crippen molar-refractivity contribution < 1.29 is 0 Å². The largest absolute Gasteiger partial charge is 0.393 e. The highest BCUT2D eigenvalue weighted by Gasteiger charge is 2.10. The molecule has 0 aliphatic carbocycles. The van der Waals surface area contributed by atoms with Crippen molar-refractivity contribution in [1.82, 2.24) is 9.97 Å². The molecule has 3 aromatic rings. The third-order valence-corrected chi connectivity index (χ3v) is 4.51. The Balaban J connectivity index is 1.80. The number of nitrogen functional groups attached to an aromatic ring is 1. The van der Waals surface area contributed by atoms with E-state index < -0.39 is 0 Å². The summed E-state index contributed by atoms with van der Waals surface area (Å²) in [5.41, 5.74) is 11.0. The quantitative estimate of drug-likeness (QED) is 0.620. The number of hydrogen-bond acceptors (Lipinski definition) is 5. The summed E-state index contributed by atoms with van der Waals surface area (Å²) in [5, 5.41) is 7.22. The van der Waals surface area contributed by atoms with Crippen LogP contribution in [-0.4, -0.2) is 9.97 Å². The van der Waals surface area contributed by atoms with Gasteiger partial charge in [-0.25, -0.2) is 9.97 Å². The van der Waals surface area contributed by atoms with E-state index in [1.54, 1.807) is 0 Å². The van der Waals surface area contributed by atoms with Gasteiger partial charge < -0.3 is 16.4 Å². The molecule has 0 atom stereocenters. The van der Waals surface area contributed by atoms with Gasteiger partial charge in [-0.15, -0.1) is 0 Å². The van der Waals surface area contributed by atoms with Crippen molar-refractivity contribution in [2.45, 2.75) is 20.4 Å². The lowest BCUT2D eigenvalue weighted by Gasteiger charge is -2.15. The molecular formula is C19H20ClN5. The zero-order valence-electron chi connectivity index (χ0n) is 14.2. The second-order valence-electron chi connectivity index (χ2n) is 5.80. The number of aromatic nitrogens is 2. The van der Waals surface area contributed by atoms with Gasteiger partial charge in [0, 0.05) is 17.3 Å². The second kappa shape index (κ2) is 7.40. The van der Waals surface area contributed by atoms with E-state index in [0.29, 0.717) is 28.9 Å². The van der Waals surface area contributed by atoms with Crippen LogP contribution in [0, 0.1) is 13.8 Å². The second-order valence-corrected chi connectivity index (χ2v) is 6.21. The van der Waals surface area contributed by atoms with Gasteiger partial charge in [-0.1, -0.05) is 41.9 Å². The first-order chi connectivity index (χ1) is 12.1. The predicted octanol–water partition coefficient (Wildman–Crippen LogP) is 4.68. The highest BCUT2D eigenvalue weighted by atomic mass is 35.5. The lowest BCUT2D eigenvalue weighted by Crippen LogP contribution is -2.08. The Morgan fingerprint density at radius 3 is 2.56 bits per heavy atom. The number of halogens is 1. The topological polar surface area (TPSA) is 75.9 Å². The zero-order chi connectivity index (χ0) is 17.8. The molecule has 2 aromatic carbocycles. The molecule has 0 radical (unpaired) electrons. The lowest BCUT2D eigenvalue weighted by molar-refractivity contribution is 1.09. The van der Waals surface area contributed by atoms with E-state index in [1.807, 2.05) is 36.4 Å². The van der Waals surface area contributed by atoms with Crippen molar-refractivity contribution in [3.63, 3.8) is 0 Å². The van der Waals surface area contributed by atoms with Gasteiger partial charge in [-0.2, -0.15) is 0 Å². The van der Waals surface area contributed by atoms with E-state index in [4.69, 9.17) is 17.3 Å². The summed E-state index contributed by atoms with van der Waals surface area (Å²) >= 11 is 6.18. The first-order valence-corrected chi connectivity index (χ1v) is 8.35. The summed E-state index contributed by atoms with van der Waals surface area (Å²) in [5.74, 6) is 1.15. The average molecular weight is 354 g/mol. The molecule has 0 unspecified atom stereocenters. The number of anilines is 4. The van der Waals surface area contributed by atoms with E-state index in [0.717, 1.165) is 16.8 Å². The first kappa shape index (κ1) is 17.0. The standard InChI is InChI=1S/C19H20ClN5/c1-12-6-5-9-16(13(12)2)25-19-17(21)18(23-11-24-19)22-10-14-7-3-4-8-15(14)20/h3-9,11H,10,21H2,1-2H3,(H2,22,23,24,25). The molecule has 6 heteroatoms. The number of nitrogens with two attached hydrogens (primary N) is 1. The van der Waals surface area contributed by atoms with Crippen LogP contribution in [0.4, 0.5) is 23.0 Å². The molecule has 1 aromatic heterocycles. The molecule has 4 N–H and O–H groups in total. The van der Waals surface area contributed by atoms with Crippen LogP contribution in [-0.2, 0) is 6.54 Å². The van der Waals surface area contributed by atoms with Crippen molar-refractivity contribution in [3.8, 4) is 0 Å². The van der Waals surface area contributed by atoms with Crippen LogP contribution in [0.1, 0.15) is 16.7 Å². The SMILES string of the molecule is Cc1cccc(Nc2ncnc(NCc3ccccc3Cl)c2N)c1C. The highest BCUT2D eigenvalue weighted by Crippen LogP contribution is 2.28. The first-order valence-electron chi connectivity index (χ1n) is 7.97. The predicted molar refractivity (Wildman–Crippen MR) is 104 cm³/mol. The van der Waals surface area contributed by atoms with Gasteiger partial charge in [0.15, 0.2) is 11.6 Å². The number of benzene rings is 2. The third-order valence-electron chi connectivity index (χ3n) is 4.15. The average Bonchev–Trinajstić information content (AvgIpc) is 2.61. The minimum atomic E-state index is 0.468. The molecular weight excluding hydrogens is 334 g/mol. The molecule has 128 valence electrons. The number of rotatable bonds is 5. The van der Waals surface area contributed by atoms with Crippen LogP contribution >= 0.6 is 11.6 Å². The van der Waals surface area contributed by atoms with Gasteiger partial charge in [0.2, 0.25) is 0 Å². The number of aryl methyl sites for hydroxylation is 1. The summed E-state index contributed by atoms with van der Waals surface area (Å²) in [6, 6.07) is 13.7. The molecule has 0 fully saturated rings. The van der Waals surface area contributed by atoms with Gasteiger partial charge in [-0.3, -0.25) is 0 Å². The van der Waals surface area contributed by atoms with Gasteiger partial charge >= 0.3 is 0 Å². The molecule has 1 heterocycles. The maximum absolute atomic E-state index is 6.24.